The number of halogens is 2. The van der Waals surface area contributed by atoms with Gasteiger partial charge in [0.2, 0.25) is 5.65 Å². The van der Waals surface area contributed by atoms with Crippen molar-refractivity contribution in [2.24, 2.45) is 0 Å². The van der Waals surface area contributed by atoms with Gasteiger partial charge in [0.25, 0.3) is 5.88 Å². The highest BCUT2D eigenvalue weighted by molar-refractivity contribution is 9.10. The number of nitrogens with zero attached hydrogens (tertiary/aromatic N) is 6. The number of nitro groups is 1. The van der Waals surface area contributed by atoms with E-state index in [2.05, 4.69) is 41.3 Å². The first kappa shape index (κ1) is 22.7. The predicted molar refractivity (Wildman–Crippen MR) is 124 cm³/mol. The molecule has 3 heterocycles. The fourth-order valence-electron chi connectivity index (χ4n) is 3.10. The lowest BCUT2D eigenvalue weighted by Crippen LogP contribution is -2.06. The summed E-state index contributed by atoms with van der Waals surface area (Å²) in [5, 5.41) is 19.0. The molecule has 0 unspecified atom stereocenters. The predicted octanol–water partition coefficient (Wildman–Crippen LogP) is 4.87. The second kappa shape index (κ2) is 9.16. The zero-order chi connectivity index (χ0) is 23.7. The van der Waals surface area contributed by atoms with E-state index in [9.17, 15) is 10.1 Å². The van der Waals surface area contributed by atoms with Crippen LogP contribution in [-0.2, 0) is 6.54 Å². The standard InChI is InChI=1S/C20H17BrClN7O4/c1-10-18(22)20(26-11(2)25-10)24-8-12-6-13(21)19(14(7-12)32-3)33-16-5-4-15-23-9-17(29(30)31)28(15)27-16/h4-7,9H,8H2,1-3H3,(H,24,25,26). The van der Waals surface area contributed by atoms with Crippen LogP contribution in [-0.4, -0.2) is 36.6 Å². The minimum atomic E-state index is -0.567. The molecule has 0 spiro atoms. The Labute approximate surface area is 201 Å². The van der Waals surface area contributed by atoms with Crippen LogP contribution in [0.2, 0.25) is 5.02 Å². The summed E-state index contributed by atoms with van der Waals surface area (Å²) in [6, 6.07) is 6.77. The van der Waals surface area contributed by atoms with Crippen LogP contribution in [0.1, 0.15) is 17.1 Å². The minimum Gasteiger partial charge on any atom is -0.493 e. The number of ether oxygens (including phenoxy) is 2. The highest BCUT2D eigenvalue weighted by atomic mass is 79.9. The molecule has 170 valence electrons. The number of benzene rings is 1. The number of rotatable bonds is 7. The molecule has 0 fully saturated rings. The van der Waals surface area contributed by atoms with Gasteiger partial charge < -0.3 is 24.9 Å². The van der Waals surface area contributed by atoms with Crippen molar-refractivity contribution in [3.63, 3.8) is 0 Å². The van der Waals surface area contributed by atoms with Crippen molar-refractivity contribution in [3.05, 3.63) is 67.2 Å². The van der Waals surface area contributed by atoms with Crippen LogP contribution in [0.4, 0.5) is 11.6 Å². The fourth-order valence-corrected chi connectivity index (χ4v) is 3.83. The van der Waals surface area contributed by atoms with E-state index in [1.165, 1.54) is 7.11 Å². The lowest BCUT2D eigenvalue weighted by Gasteiger charge is -2.14. The Kier molecular flexibility index (Phi) is 6.29. The molecular weight excluding hydrogens is 518 g/mol. The van der Waals surface area contributed by atoms with Crippen LogP contribution < -0.4 is 14.8 Å². The van der Waals surface area contributed by atoms with Crippen molar-refractivity contribution in [1.29, 1.82) is 0 Å². The van der Waals surface area contributed by atoms with Gasteiger partial charge in [0.1, 0.15) is 22.9 Å². The van der Waals surface area contributed by atoms with E-state index in [0.717, 1.165) is 16.3 Å². The lowest BCUT2D eigenvalue weighted by atomic mass is 10.2. The van der Waals surface area contributed by atoms with Crippen LogP contribution >= 0.6 is 27.5 Å². The second-order valence-electron chi connectivity index (χ2n) is 6.90. The van der Waals surface area contributed by atoms with Gasteiger partial charge in [0.05, 0.1) is 17.3 Å². The maximum Gasteiger partial charge on any atom is 0.368 e. The number of aryl methyl sites for hydroxylation is 2. The molecule has 4 rings (SSSR count). The molecular formula is C20H17BrClN7O4. The molecule has 1 aromatic carbocycles. The number of fused-ring (bicyclic) bond motifs is 1. The summed E-state index contributed by atoms with van der Waals surface area (Å²) in [6.07, 6.45) is 1.14. The molecule has 0 aliphatic carbocycles. The van der Waals surface area contributed by atoms with E-state index in [4.69, 9.17) is 21.1 Å². The first-order chi connectivity index (χ1) is 15.8. The third-order valence-corrected chi connectivity index (χ3v) is 5.63. The lowest BCUT2D eigenvalue weighted by molar-refractivity contribution is -0.391. The van der Waals surface area contributed by atoms with Gasteiger partial charge in [-0.1, -0.05) is 16.1 Å². The zero-order valence-electron chi connectivity index (χ0n) is 17.7. The summed E-state index contributed by atoms with van der Waals surface area (Å²) in [5.74, 6) is 1.82. The normalized spacial score (nSPS) is 10.9. The van der Waals surface area contributed by atoms with Crippen LogP contribution in [0.3, 0.4) is 0 Å². The maximum atomic E-state index is 11.2. The molecule has 1 N–H and O–H groups in total. The van der Waals surface area contributed by atoms with Crippen molar-refractivity contribution in [2.45, 2.75) is 20.4 Å². The zero-order valence-corrected chi connectivity index (χ0v) is 20.0. The second-order valence-corrected chi connectivity index (χ2v) is 8.13. The number of methoxy groups -OCH3 is 1. The van der Waals surface area contributed by atoms with Crippen LogP contribution in [0.25, 0.3) is 5.65 Å². The Morgan fingerprint density at radius 3 is 2.79 bits per heavy atom. The van der Waals surface area contributed by atoms with Crippen molar-refractivity contribution in [1.82, 2.24) is 24.6 Å². The highest BCUT2D eigenvalue weighted by Crippen LogP contribution is 2.39. The van der Waals surface area contributed by atoms with Crippen LogP contribution in [0.15, 0.2) is 34.9 Å². The molecule has 0 radical (unpaired) electrons. The number of anilines is 1. The Bertz CT molecular complexity index is 1380. The number of imidazole rings is 1. The maximum absolute atomic E-state index is 11.2. The van der Waals surface area contributed by atoms with E-state index < -0.39 is 4.92 Å². The van der Waals surface area contributed by atoms with Gasteiger partial charge in [-0.25, -0.2) is 15.0 Å². The van der Waals surface area contributed by atoms with E-state index in [1.54, 1.807) is 25.1 Å². The van der Waals surface area contributed by atoms with Gasteiger partial charge in [-0.3, -0.25) is 0 Å². The first-order valence-corrected chi connectivity index (χ1v) is 10.7. The molecule has 0 amide bonds. The summed E-state index contributed by atoms with van der Waals surface area (Å²) in [6.45, 7) is 4.03. The van der Waals surface area contributed by atoms with Gasteiger partial charge in [-0.2, -0.15) is 0 Å². The van der Waals surface area contributed by atoms with E-state index >= 15 is 0 Å². The van der Waals surface area contributed by atoms with Crippen molar-refractivity contribution in [2.75, 3.05) is 12.4 Å². The largest absolute Gasteiger partial charge is 0.493 e. The monoisotopic (exact) mass is 533 g/mol. The molecule has 0 bridgehead atoms. The summed E-state index contributed by atoms with van der Waals surface area (Å²) in [5.41, 5.74) is 1.89. The van der Waals surface area contributed by atoms with Crippen molar-refractivity contribution >= 4 is 44.8 Å². The van der Waals surface area contributed by atoms with E-state index in [1.807, 2.05) is 13.0 Å². The summed E-state index contributed by atoms with van der Waals surface area (Å²) < 4.78 is 13.1. The minimum absolute atomic E-state index is 0.132. The van der Waals surface area contributed by atoms with Gasteiger partial charge in [-0.05, 0) is 57.5 Å². The molecule has 0 aliphatic rings. The molecule has 13 heteroatoms. The average molecular weight is 535 g/mol. The molecule has 0 aliphatic heterocycles. The molecule has 0 atom stereocenters. The quantitative estimate of drug-likeness (QED) is 0.260. The molecule has 11 nitrogen and oxygen atoms in total. The Hall–Kier alpha value is -3.51. The summed E-state index contributed by atoms with van der Waals surface area (Å²) >= 11 is 9.80. The van der Waals surface area contributed by atoms with Gasteiger partial charge in [0.15, 0.2) is 11.5 Å². The smallest absolute Gasteiger partial charge is 0.368 e. The Morgan fingerprint density at radius 1 is 1.27 bits per heavy atom. The van der Waals surface area contributed by atoms with Gasteiger partial charge >= 0.3 is 5.82 Å². The number of nitrogens with one attached hydrogen (secondary N) is 1. The van der Waals surface area contributed by atoms with Crippen LogP contribution in [0.5, 0.6) is 17.4 Å². The van der Waals surface area contributed by atoms with Gasteiger partial charge in [-0.15, -0.1) is 0 Å². The third kappa shape index (κ3) is 4.66. The number of hydrogen-bond donors (Lipinski definition) is 1. The number of hydrogen-bond acceptors (Lipinski definition) is 9. The molecule has 0 saturated heterocycles. The number of aromatic nitrogens is 5. The van der Waals surface area contributed by atoms with E-state index in [-0.39, 0.29) is 11.7 Å². The van der Waals surface area contributed by atoms with Crippen LogP contribution in [0, 0.1) is 24.0 Å². The van der Waals surface area contributed by atoms with E-state index in [0.29, 0.717) is 50.5 Å². The van der Waals surface area contributed by atoms with Gasteiger partial charge in [0, 0.05) is 18.7 Å². The summed E-state index contributed by atoms with van der Waals surface area (Å²) in [4.78, 5) is 23.1. The molecule has 4 aromatic rings. The Balaban J connectivity index is 1.60. The third-order valence-electron chi connectivity index (χ3n) is 4.59. The average Bonchev–Trinajstić information content (AvgIpc) is 3.20. The molecule has 3 aromatic heterocycles. The SMILES string of the molecule is COc1cc(CNc2nc(C)nc(C)c2Cl)cc(Br)c1Oc1ccc2ncc([N+](=O)[O-])n2n1. The fraction of sp³-hybridized carbons (Fsp3) is 0.200. The highest BCUT2D eigenvalue weighted by Gasteiger charge is 2.19. The van der Waals surface area contributed by atoms with Crippen molar-refractivity contribution < 1.29 is 14.4 Å². The first-order valence-electron chi connectivity index (χ1n) is 9.55. The molecule has 0 saturated carbocycles. The summed E-state index contributed by atoms with van der Waals surface area (Å²) in [7, 11) is 1.51. The Morgan fingerprint density at radius 2 is 2.06 bits per heavy atom. The van der Waals surface area contributed by atoms with Crippen molar-refractivity contribution in [3.8, 4) is 17.4 Å². The topological polar surface area (TPSA) is 130 Å². The molecule has 33 heavy (non-hydrogen) atoms.